The van der Waals surface area contributed by atoms with Gasteiger partial charge in [-0.2, -0.15) is 10.1 Å². The van der Waals surface area contributed by atoms with Gasteiger partial charge in [-0.05, 0) is 31.6 Å². The molecule has 2 saturated heterocycles. The number of imidazole rings is 1. The molecule has 3 fully saturated rings. The maximum absolute atomic E-state index is 13.8. The first-order chi connectivity index (χ1) is 18.9. The second-order valence-corrected chi connectivity index (χ2v) is 10.9. The summed E-state index contributed by atoms with van der Waals surface area (Å²) in [5, 5.41) is 10.6. The fraction of sp³-hybridized carbons (Fsp3) is 0.731. The van der Waals surface area contributed by atoms with E-state index in [9.17, 15) is 18.4 Å². The van der Waals surface area contributed by atoms with Crippen molar-refractivity contribution in [1.82, 2.24) is 35.1 Å². The Morgan fingerprint density at radius 3 is 2.67 bits per heavy atom. The summed E-state index contributed by atoms with van der Waals surface area (Å²) in [6.07, 6.45) is 4.71. The molecule has 1 aliphatic carbocycles. The smallest absolute Gasteiger partial charge is 0.252 e. The molecule has 2 amide bonds. The van der Waals surface area contributed by atoms with E-state index in [4.69, 9.17) is 19.8 Å². The Labute approximate surface area is 226 Å². The summed E-state index contributed by atoms with van der Waals surface area (Å²) >= 11 is 0. The zero-order valence-electron chi connectivity index (χ0n) is 22.5. The highest BCUT2D eigenvalue weighted by atomic mass is 19.3. The minimum absolute atomic E-state index is 0.0362. The van der Waals surface area contributed by atoms with Crippen molar-refractivity contribution in [2.45, 2.75) is 56.9 Å². The molecule has 11 nitrogen and oxygen atoms in total. The van der Waals surface area contributed by atoms with Gasteiger partial charge in [-0.25, -0.2) is 18.3 Å². The van der Waals surface area contributed by atoms with Crippen LogP contribution in [0.2, 0.25) is 0 Å². The van der Waals surface area contributed by atoms with Gasteiger partial charge in [-0.1, -0.05) is 0 Å². The molecule has 2 atom stereocenters. The number of nitrogens with zero attached hydrogens (tertiary/aromatic N) is 6. The van der Waals surface area contributed by atoms with E-state index in [0.29, 0.717) is 50.3 Å². The van der Waals surface area contributed by atoms with Crippen molar-refractivity contribution in [3.05, 3.63) is 17.6 Å². The summed E-state index contributed by atoms with van der Waals surface area (Å²) in [6, 6.07) is -0.498. The zero-order chi connectivity index (χ0) is 27.4. The van der Waals surface area contributed by atoms with Crippen molar-refractivity contribution in [1.29, 1.82) is 0 Å². The predicted molar refractivity (Wildman–Crippen MR) is 140 cm³/mol. The van der Waals surface area contributed by atoms with Crippen LogP contribution in [0.5, 0.6) is 0 Å². The standard InChI is InChI=1S/C26H38F2N8O3/c1-39-14-13-34-9-11-35(12-10-34)23-20(15-19-3-2-8-29-24(19)38)33-36-16-21(31-25(36)32-23)22(30-17-37)18-4-6-26(27,28)7-5-18/h16-19,22H,2-15H2,1H3,(H,29,38)(H,30,37). The number of amides is 2. The molecule has 0 aromatic carbocycles. The van der Waals surface area contributed by atoms with Crippen LogP contribution < -0.4 is 15.5 Å². The van der Waals surface area contributed by atoms with Gasteiger partial charge in [0.1, 0.15) is 5.69 Å². The number of piperazine rings is 1. The number of aromatic nitrogens is 4. The molecule has 39 heavy (non-hydrogen) atoms. The molecule has 2 aromatic heterocycles. The molecule has 3 aliphatic rings. The molecule has 0 spiro atoms. The first-order valence-electron chi connectivity index (χ1n) is 13.9. The maximum Gasteiger partial charge on any atom is 0.252 e. The number of nitrogens with one attached hydrogen (secondary N) is 2. The molecule has 13 heteroatoms. The highest BCUT2D eigenvalue weighted by molar-refractivity contribution is 5.79. The number of rotatable bonds is 10. The minimum Gasteiger partial charge on any atom is -0.383 e. The summed E-state index contributed by atoms with van der Waals surface area (Å²) < 4.78 is 34.4. The van der Waals surface area contributed by atoms with E-state index >= 15 is 0 Å². The van der Waals surface area contributed by atoms with Gasteiger partial charge >= 0.3 is 0 Å². The van der Waals surface area contributed by atoms with Gasteiger partial charge in [0.05, 0.1) is 24.5 Å². The van der Waals surface area contributed by atoms with Gasteiger partial charge in [-0.15, -0.1) is 0 Å². The Kier molecular flexibility index (Phi) is 8.55. The largest absolute Gasteiger partial charge is 0.383 e. The summed E-state index contributed by atoms with van der Waals surface area (Å²) in [6.45, 7) is 5.48. The molecule has 2 aliphatic heterocycles. The fourth-order valence-corrected chi connectivity index (χ4v) is 6.00. The van der Waals surface area contributed by atoms with E-state index in [2.05, 4.69) is 20.4 Å². The summed E-state index contributed by atoms with van der Waals surface area (Å²) in [5.74, 6) is -1.84. The SMILES string of the molecule is COCCN1CCN(c2nc3nc(C(NC=O)C4CCC(F)(F)CC4)cn3nc2CC2CCCNC2=O)CC1. The number of hydrogen-bond donors (Lipinski definition) is 2. The number of piperidine rings is 1. The van der Waals surface area contributed by atoms with Crippen LogP contribution in [0.25, 0.3) is 5.78 Å². The summed E-state index contributed by atoms with van der Waals surface area (Å²) in [5.41, 5.74) is 1.29. The quantitative estimate of drug-likeness (QED) is 0.430. The molecule has 214 valence electrons. The third-order valence-corrected chi connectivity index (χ3v) is 8.30. The van der Waals surface area contributed by atoms with Crippen LogP contribution in [0.3, 0.4) is 0 Å². The third-order valence-electron chi connectivity index (χ3n) is 8.30. The average molecular weight is 549 g/mol. The van der Waals surface area contributed by atoms with Crippen molar-refractivity contribution in [2.75, 3.05) is 57.9 Å². The molecule has 4 heterocycles. The predicted octanol–water partition coefficient (Wildman–Crippen LogP) is 1.57. The Balaban J connectivity index is 1.43. The lowest BCUT2D eigenvalue weighted by Crippen LogP contribution is -2.48. The van der Waals surface area contributed by atoms with Crippen LogP contribution in [0, 0.1) is 11.8 Å². The normalized spacial score (nSPS) is 23.5. The number of carbonyl (C=O) groups excluding carboxylic acids is 2. The number of carbonyl (C=O) groups is 2. The van der Waals surface area contributed by atoms with Gasteiger partial charge in [-0.3, -0.25) is 14.5 Å². The first kappa shape index (κ1) is 27.6. The monoisotopic (exact) mass is 548 g/mol. The van der Waals surface area contributed by atoms with Gasteiger partial charge in [0.2, 0.25) is 18.2 Å². The Morgan fingerprint density at radius 2 is 1.97 bits per heavy atom. The number of methoxy groups -OCH3 is 1. The number of alkyl halides is 2. The van der Waals surface area contributed by atoms with Gasteiger partial charge in [0.25, 0.3) is 5.78 Å². The van der Waals surface area contributed by atoms with Crippen LogP contribution in [0.15, 0.2) is 6.20 Å². The number of halogens is 2. The molecular formula is C26H38F2N8O3. The van der Waals surface area contributed by atoms with E-state index in [1.165, 1.54) is 0 Å². The molecule has 2 N–H and O–H groups in total. The Hall–Kier alpha value is -2.93. The summed E-state index contributed by atoms with van der Waals surface area (Å²) in [7, 11) is 1.70. The van der Waals surface area contributed by atoms with Crippen molar-refractivity contribution in [3.8, 4) is 0 Å². The van der Waals surface area contributed by atoms with Crippen LogP contribution in [-0.2, 0) is 20.7 Å². The number of hydrogen-bond acceptors (Lipinski definition) is 8. The van der Waals surface area contributed by atoms with Crippen molar-refractivity contribution in [2.24, 2.45) is 11.8 Å². The minimum atomic E-state index is -2.66. The molecule has 1 saturated carbocycles. The summed E-state index contributed by atoms with van der Waals surface area (Å²) in [4.78, 5) is 38.2. The second kappa shape index (κ2) is 12.1. The van der Waals surface area contributed by atoms with Crippen LogP contribution in [-0.4, -0.2) is 95.7 Å². The second-order valence-electron chi connectivity index (χ2n) is 10.9. The van der Waals surface area contributed by atoms with Gasteiger partial charge < -0.3 is 20.3 Å². The van der Waals surface area contributed by atoms with E-state index < -0.39 is 12.0 Å². The van der Waals surface area contributed by atoms with E-state index in [-0.39, 0.29) is 30.6 Å². The van der Waals surface area contributed by atoms with Gasteiger partial charge in [0.15, 0.2) is 5.82 Å². The fourth-order valence-electron chi connectivity index (χ4n) is 6.00. The van der Waals surface area contributed by atoms with Crippen LogP contribution in [0.4, 0.5) is 14.6 Å². The highest BCUT2D eigenvalue weighted by Gasteiger charge is 2.39. The van der Waals surface area contributed by atoms with E-state index in [0.717, 1.165) is 57.1 Å². The third kappa shape index (κ3) is 6.46. The lowest BCUT2D eigenvalue weighted by Gasteiger charge is -2.36. The molecular weight excluding hydrogens is 510 g/mol. The van der Waals surface area contributed by atoms with Crippen molar-refractivity contribution in [3.63, 3.8) is 0 Å². The van der Waals surface area contributed by atoms with Crippen molar-refractivity contribution < 1.29 is 23.1 Å². The number of anilines is 1. The Morgan fingerprint density at radius 1 is 1.21 bits per heavy atom. The first-order valence-corrected chi connectivity index (χ1v) is 13.9. The lowest BCUT2D eigenvalue weighted by molar-refractivity contribution is -0.126. The average Bonchev–Trinajstić information content (AvgIpc) is 3.34. The Bertz CT molecular complexity index is 1140. The maximum atomic E-state index is 13.8. The zero-order valence-corrected chi connectivity index (χ0v) is 22.5. The molecule has 0 radical (unpaired) electrons. The van der Waals surface area contributed by atoms with Gasteiger partial charge in [0, 0.05) is 71.6 Å². The number of ether oxygens (including phenoxy) is 1. The molecule has 5 rings (SSSR count). The highest BCUT2D eigenvalue weighted by Crippen LogP contribution is 2.41. The van der Waals surface area contributed by atoms with Crippen molar-refractivity contribution >= 4 is 23.9 Å². The molecule has 2 unspecified atom stereocenters. The molecule has 0 bridgehead atoms. The lowest BCUT2D eigenvalue weighted by atomic mass is 9.81. The van der Waals surface area contributed by atoms with E-state index in [1.807, 2.05) is 0 Å². The van der Waals surface area contributed by atoms with Crippen LogP contribution >= 0.6 is 0 Å². The topological polar surface area (TPSA) is 117 Å². The molecule has 2 aromatic rings. The van der Waals surface area contributed by atoms with Crippen LogP contribution in [0.1, 0.15) is 56.0 Å². The number of fused-ring (bicyclic) bond motifs is 1. The van der Waals surface area contributed by atoms with E-state index in [1.54, 1.807) is 17.8 Å².